The number of hydrogen-bond acceptors (Lipinski definition) is 5. The van der Waals surface area contributed by atoms with E-state index >= 15 is 0 Å². The van der Waals surface area contributed by atoms with Gasteiger partial charge in [-0.1, -0.05) is 64.7 Å². The van der Waals surface area contributed by atoms with Gasteiger partial charge in [0.1, 0.15) is 18.3 Å². The monoisotopic (exact) mass is 358 g/mol. The standard InChI is InChI=1S/C20H38O5/c1-4-5-6-7-8-9-10-11-12-13-14-22-17-16(15-21)23-19-18(17)24-20(2,3)25-19/h16-19,21H,4-15H2,1-3H3/t16-,17+,18-,19-/m1/s1. The number of aliphatic hydroxyl groups excluding tert-OH is 1. The molecule has 25 heavy (non-hydrogen) atoms. The molecule has 0 aromatic carbocycles. The van der Waals surface area contributed by atoms with E-state index < -0.39 is 12.1 Å². The van der Waals surface area contributed by atoms with Crippen molar-refractivity contribution in [2.24, 2.45) is 0 Å². The van der Waals surface area contributed by atoms with E-state index in [-0.39, 0.29) is 24.9 Å². The molecule has 2 fully saturated rings. The van der Waals surface area contributed by atoms with Gasteiger partial charge in [-0.3, -0.25) is 0 Å². The summed E-state index contributed by atoms with van der Waals surface area (Å²) in [6, 6.07) is 0. The molecule has 2 aliphatic heterocycles. The third-order valence-electron chi connectivity index (χ3n) is 5.08. The Bertz CT molecular complexity index is 360. The second-order valence-corrected chi connectivity index (χ2v) is 7.84. The summed E-state index contributed by atoms with van der Waals surface area (Å²) in [5.41, 5.74) is 0. The Hall–Kier alpha value is -0.200. The molecule has 0 bridgehead atoms. The number of unbranched alkanes of at least 4 members (excludes halogenated alkanes) is 9. The maximum Gasteiger partial charge on any atom is 0.190 e. The van der Waals surface area contributed by atoms with E-state index in [1.165, 1.54) is 57.8 Å². The van der Waals surface area contributed by atoms with E-state index in [2.05, 4.69) is 6.92 Å². The number of fused-ring (bicyclic) bond motifs is 1. The van der Waals surface area contributed by atoms with Crippen LogP contribution in [0.4, 0.5) is 0 Å². The lowest BCUT2D eigenvalue weighted by Gasteiger charge is -2.25. The Kier molecular flexibility index (Phi) is 9.14. The van der Waals surface area contributed by atoms with Crippen LogP contribution in [0.2, 0.25) is 0 Å². The van der Waals surface area contributed by atoms with Crippen LogP contribution in [-0.2, 0) is 18.9 Å². The zero-order valence-electron chi connectivity index (χ0n) is 16.4. The molecule has 0 aromatic heterocycles. The SMILES string of the molecule is CCCCCCCCCCCCO[C@@H]1[C@H]2OC(C)(C)O[C@H]2O[C@@H]1CO. The molecule has 0 aromatic rings. The van der Waals surface area contributed by atoms with E-state index in [0.717, 1.165) is 6.42 Å². The van der Waals surface area contributed by atoms with Gasteiger partial charge in [-0.2, -0.15) is 0 Å². The summed E-state index contributed by atoms with van der Waals surface area (Å²) < 4.78 is 23.3. The van der Waals surface area contributed by atoms with Gasteiger partial charge < -0.3 is 24.1 Å². The Labute approximate surface area is 153 Å². The molecule has 0 spiro atoms. The Morgan fingerprint density at radius 2 is 1.48 bits per heavy atom. The minimum absolute atomic E-state index is 0.0666. The zero-order chi connectivity index (χ0) is 18.1. The number of rotatable bonds is 13. The van der Waals surface area contributed by atoms with Gasteiger partial charge in [0.25, 0.3) is 0 Å². The van der Waals surface area contributed by atoms with Crippen molar-refractivity contribution in [3.63, 3.8) is 0 Å². The van der Waals surface area contributed by atoms with Crippen LogP contribution in [0.3, 0.4) is 0 Å². The molecule has 4 atom stereocenters. The highest BCUT2D eigenvalue weighted by atomic mass is 16.8. The lowest BCUT2D eigenvalue weighted by molar-refractivity contribution is -0.222. The smallest absolute Gasteiger partial charge is 0.190 e. The molecule has 0 unspecified atom stereocenters. The quantitative estimate of drug-likeness (QED) is 0.501. The van der Waals surface area contributed by atoms with Crippen molar-refractivity contribution < 1.29 is 24.1 Å². The molecule has 148 valence electrons. The van der Waals surface area contributed by atoms with Gasteiger partial charge in [0.15, 0.2) is 12.1 Å². The lowest BCUT2D eigenvalue weighted by atomic mass is 10.1. The van der Waals surface area contributed by atoms with E-state index in [0.29, 0.717) is 6.61 Å². The first-order valence-electron chi connectivity index (χ1n) is 10.3. The van der Waals surface area contributed by atoms with Crippen LogP contribution < -0.4 is 0 Å². The molecular weight excluding hydrogens is 320 g/mol. The second kappa shape index (κ2) is 10.8. The summed E-state index contributed by atoms with van der Waals surface area (Å²) in [6.07, 6.45) is 11.8. The molecule has 0 aliphatic carbocycles. The topological polar surface area (TPSA) is 57.2 Å². The van der Waals surface area contributed by atoms with Crippen molar-refractivity contribution in [3.05, 3.63) is 0 Å². The van der Waals surface area contributed by atoms with E-state index in [4.69, 9.17) is 18.9 Å². The fourth-order valence-corrected chi connectivity index (χ4v) is 3.70. The van der Waals surface area contributed by atoms with Crippen LogP contribution in [0.25, 0.3) is 0 Å². The first-order chi connectivity index (χ1) is 12.1. The van der Waals surface area contributed by atoms with Crippen molar-refractivity contribution in [3.8, 4) is 0 Å². The van der Waals surface area contributed by atoms with Crippen LogP contribution in [-0.4, -0.2) is 48.7 Å². The predicted molar refractivity (Wildman–Crippen MR) is 97.4 cm³/mol. The highest BCUT2D eigenvalue weighted by Gasteiger charge is 2.55. The zero-order valence-corrected chi connectivity index (χ0v) is 16.4. The summed E-state index contributed by atoms with van der Waals surface area (Å²) in [5, 5.41) is 9.48. The molecule has 0 radical (unpaired) electrons. The number of ether oxygens (including phenoxy) is 4. The van der Waals surface area contributed by atoms with Crippen LogP contribution >= 0.6 is 0 Å². The Morgan fingerprint density at radius 3 is 2.08 bits per heavy atom. The average Bonchev–Trinajstić information content (AvgIpc) is 3.04. The summed E-state index contributed by atoms with van der Waals surface area (Å²) in [5.74, 6) is -0.644. The highest BCUT2D eigenvalue weighted by Crippen LogP contribution is 2.38. The molecule has 1 N–H and O–H groups in total. The normalized spacial score (nSPS) is 30.7. The van der Waals surface area contributed by atoms with E-state index in [1.54, 1.807) is 0 Å². The Morgan fingerprint density at radius 1 is 0.880 bits per heavy atom. The Balaban J connectivity index is 1.52. The van der Waals surface area contributed by atoms with Gasteiger partial charge >= 0.3 is 0 Å². The third-order valence-corrected chi connectivity index (χ3v) is 5.08. The van der Waals surface area contributed by atoms with E-state index in [9.17, 15) is 5.11 Å². The van der Waals surface area contributed by atoms with Crippen molar-refractivity contribution in [1.29, 1.82) is 0 Å². The van der Waals surface area contributed by atoms with Gasteiger partial charge in [-0.05, 0) is 20.3 Å². The molecule has 0 saturated carbocycles. The average molecular weight is 359 g/mol. The molecule has 5 heteroatoms. The molecule has 2 aliphatic rings. The maximum atomic E-state index is 9.48. The van der Waals surface area contributed by atoms with Gasteiger partial charge in [-0.25, -0.2) is 0 Å². The molecule has 2 heterocycles. The van der Waals surface area contributed by atoms with Gasteiger partial charge in [0.2, 0.25) is 0 Å². The molecule has 5 nitrogen and oxygen atoms in total. The largest absolute Gasteiger partial charge is 0.394 e. The molecule has 2 saturated heterocycles. The highest BCUT2D eigenvalue weighted by molar-refractivity contribution is 4.93. The van der Waals surface area contributed by atoms with Crippen LogP contribution in [0, 0.1) is 0 Å². The number of aliphatic hydroxyl groups is 1. The van der Waals surface area contributed by atoms with Crippen LogP contribution in [0.1, 0.15) is 85.0 Å². The first-order valence-corrected chi connectivity index (χ1v) is 10.3. The predicted octanol–water partition coefficient (Wildman–Crippen LogP) is 4.16. The van der Waals surface area contributed by atoms with Crippen LogP contribution in [0.5, 0.6) is 0 Å². The minimum Gasteiger partial charge on any atom is -0.394 e. The summed E-state index contributed by atoms with van der Waals surface area (Å²) in [7, 11) is 0. The summed E-state index contributed by atoms with van der Waals surface area (Å²) in [6.45, 7) is 6.64. The number of hydrogen-bond donors (Lipinski definition) is 1. The van der Waals surface area contributed by atoms with Crippen molar-refractivity contribution >= 4 is 0 Å². The molecule has 0 amide bonds. The third kappa shape index (κ3) is 6.79. The van der Waals surface area contributed by atoms with Crippen molar-refractivity contribution in [2.75, 3.05) is 13.2 Å². The van der Waals surface area contributed by atoms with Gasteiger partial charge in [-0.15, -0.1) is 0 Å². The summed E-state index contributed by atoms with van der Waals surface area (Å²) >= 11 is 0. The summed E-state index contributed by atoms with van der Waals surface area (Å²) in [4.78, 5) is 0. The maximum absolute atomic E-state index is 9.48. The first kappa shape index (κ1) is 21.1. The molecular formula is C20H38O5. The lowest BCUT2D eigenvalue weighted by Crippen LogP contribution is -2.38. The minimum atomic E-state index is -0.644. The van der Waals surface area contributed by atoms with Crippen molar-refractivity contribution in [1.82, 2.24) is 0 Å². The van der Waals surface area contributed by atoms with Crippen molar-refractivity contribution in [2.45, 2.75) is 115 Å². The molecule has 2 rings (SSSR count). The fourth-order valence-electron chi connectivity index (χ4n) is 3.70. The fraction of sp³-hybridized carbons (Fsp3) is 1.00. The van der Waals surface area contributed by atoms with Gasteiger partial charge in [0, 0.05) is 6.61 Å². The van der Waals surface area contributed by atoms with E-state index in [1.807, 2.05) is 13.8 Å². The second-order valence-electron chi connectivity index (χ2n) is 7.84. The van der Waals surface area contributed by atoms with Gasteiger partial charge in [0.05, 0.1) is 6.61 Å². The van der Waals surface area contributed by atoms with Crippen LogP contribution in [0.15, 0.2) is 0 Å².